The molecule has 4 aromatic carbocycles. The topological polar surface area (TPSA) is 436 Å². The maximum Gasteiger partial charge on any atom is 0.321 e. The highest BCUT2D eigenvalue weighted by molar-refractivity contribution is 7.89. The van der Waals surface area contributed by atoms with Crippen molar-refractivity contribution in [2.75, 3.05) is 46.3 Å². The fraction of sp³-hybridized carbons (Fsp3) is 0.481. The number of sulfonamides is 1. The van der Waals surface area contributed by atoms with E-state index in [0.717, 1.165) is 106 Å². The number of esters is 1. The number of nitrogens with one attached hydrogen (secondary N) is 8. The van der Waals surface area contributed by atoms with Gasteiger partial charge in [0.05, 0.1) is 19.4 Å². The highest BCUT2D eigenvalue weighted by atomic mass is 32.2. The Labute approximate surface area is 706 Å². The largest absolute Gasteiger partial charge is 0.493 e. The zero-order valence-corrected chi connectivity index (χ0v) is 74.8. The van der Waals surface area contributed by atoms with E-state index in [0.29, 0.717) is 84.1 Å². The van der Waals surface area contributed by atoms with Crippen molar-refractivity contribution < 1.29 is 67.2 Å². The molecule has 1 saturated heterocycles. The molecule has 1 aliphatic heterocycles. The summed E-state index contributed by atoms with van der Waals surface area (Å²) in [5.74, 6) is 3.12. The molecule has 0 spiro atoms. The number of aryl methyl sites for hydroxylation is 5. The van der Waals surface area contributed by atoms with Crippen molar-refractivity contribution in [3.8, 4) is 34.5 Å². The zero-order valence-electron chi connectivity index (χ0n) is 71.6. The van der Waals surface area contributed by atoms with Gasteiger partial charge in [-0.2, -0.15) is 17.3 Å². The van der Waals surface area contributed by atoms with Gasteiger partial charge in [0, 0.05) is 114 Å². The summed E-state index contributed by atoms with van der Waals surface area (Å²) in [5.41, 5.74) is 11.9. The summed E-state index contributed by atoms with van der Waals surface area (Å²) < 4.78 is 117. The van der Waals surface area contributed by atoms with Gasteiger partial charge in [0.25, 0.3) is 39.7 Å². The minimum Gasteiger partial charge on any atom is -0.493 e. The van der Waals surface area contributed by atoms with E-state index in [9.17, 15) is 30.6 Å². The van der Waals surface area contributed by atoms with Crippen LogP contribution in [0.25, 0.3) is 22.6 Å². The summed E-state index contributed by atoms with van der Waals surface area (Å²) in [6.07, 6.45) is 4.33. The molecule has 35 nitrogen and oxygen atoms in total. The van der Waals surface area contributed by atoms with E-state index in [4.69, 9.17) is 36.6 Å². The first-order valence-corrected chi connectivity index (χ1v) is 44.5. The zero-order chi connectivity index (χ0) is 87.3. The number of amides is 1. The Morgan fingerprint density at radius 2 is 1.10 bits per heavy atom. The van der Waals surface area contributed by atoms with Gasteiger partial charge in [0.1, 0.15) is 17.4 Å². The van der Waals surface area contributed by atoms with E-state index in [1.807, 2.05) is 116 Å². The summed E-state index contributed by atoms with van der Waals surface area (Å²) in [6, 6.07) is 31.1. The summed E-state index contributed by atoms with van der Waals surface area (Å²) in [5, 5.41) is 56.1. The Balaban J connectivity index is 0.000000169. The molecular weight excluding hydrogens is 1620 g/mol. The van der Waals surface area contributed by atoms with Crippen LogP contribution < -0.4 is 45.6 Å². The van der Waals surface area contributed by atoms with Gasteiger partial charge >= 0.3 is 5.97 Å². The van der Waals surface area contributed by atoms with Crippen molar-refractivity contribution in [1.29, 1.82) is 0 Å². The fourth-order valence-electron chi connectivity index (χ4n) is 12.3. The number of aliphatic hydroxyl groups excluding tert-OH is 1. The molecule has 0 radical (unpaired) electrons. The van der Waals surface area contributed by atoms with Gasteiger partial charge in [-0.1, -0.05) is 118 Å². The minimum atomic E-state index is -3.74. The molecule has 1 aliphatic rings. The van der Waals surface area contributed by atoms with Gasteiger partial charge < -0.3 is 36.6 Å². The normalized spacial score (nSPS) is 14.9. The van der Waals surface area contributed by atoms with Crippen molar-refractivity contribution >= 4 is 78.3 Å². The van der Waals surface area contributed by atoms with Crippen molar-refractivity contribution in [2.24, 2.45) is 0 Å². The summed E-state index contributed by atoms with van der Waals surface area (Å²) in [4.78, 5) is 24.7. The summed E-state index contributed by atoms with van der Waals surface area (Å²) in [7, 11) is -2.19. The molecule has 39 heteroatoms. The lowest BCUT2D eigenvalue weighted by Crippen LogP contribution is -2.39. The quantitative estimate of drug-likeness (QED) is 0.0149. The summed E-state index contributed by atoms with van der Waals surface area (Å²) >= 11 is -5.40. The maximum absolute atomic E-state index is 12.8. The van der Waals surface area contributed by atoms with Gasteiger partial charge in [-0.05, 0) is 145 Å². The van der Waals surface area contributed by atoms with Crippen molar-refractivity contribution in [1.82, 2.24) is 98.1 Å². The lowest BCUT2D eigenvalue weighted by Gasteiger charge is -2.32. The van der Waals surface area contributed by atoms with Crippen molar-refractivity contribution in [2.45, 2.75) is 209 Å². The second kappa shape index (κ2) is 39.5. The Hall–Kier alpha value is -10.3. The third kappa shape index (κ3) is 24.3. The van der Waals surface area contributed by atoms with Crippen LogP contribution in [0.1, 0.15) is 214 Å². The number of fused-ring (bicyclic) bond motifs is 4. The maximum atomic E-state index is 12.8. The van der Waals surface area contributed by atoms with Gasteiger partial charge in [-0.25, -0.2) is 35.9 Å². The molecule has 7 atom stereocenters. The van der Waals surface area contributed by atoms with Gasteiger partial charge in [0.15, 0.2) is 75.0 Å². The predicted molar refractivity (Wildman–Crippen MR) is 457 cm³/mol. The minimum absolute atomic E-state index is 0.00483. The number of nitrogens with zero attached hydrogens (tertiary/aromatic N) is 12. The number of rotatable bonds is 30. The van der Waals surface area contributed by atoms with Crippen LogP contribution in [-0.4, -0.2) is 170 Å². The number of H-pyrrole nitrogens is 4. The molecule has 9 N–H and O–H groups in total. The van der Waals surface area contributed by atoms with E-state index in [2.05, 4.69) is 145 Å². The van der Waals surface area contributed by atoms with Crippen LogP contribution >= 0.6 is 0 Å². The molecule has 9 heterocycles. The number of benzene rings is 4. The second-order valence-electron chi connectivity index (χ2n) is 33.0. The number of methoxy groups -OCH3 is 1. The summed E-state index contributed by atoms with van der Waals surface area (Å²) in [6.45, 7) is 38.3. The van der Waals surface area contributed by atoms with E-state index < -0.39 is 61.8 Å². The van der Waals surface area contributed by atoms with Gasteiger partial charge in [-0.15, -0.1) is 40.8 Å². The number of aromatic amines is 4. The molecule has 1 amide bonds. The number of aliphatic hydroxyl groups is 1. The second-order valence-corrected chi connectivity index (χ2v) is 37.5. The van der Waals surface area contributed by atoms with Crippen LogP contribution in [0, 0.1) is 27.7 Å². The molecule has 8 aromatic heterocycles. The SMILES string of the molecule is CCC(CNS(=O)Oc1cc(C)ccc1OC(C)C(=O)NS(C)(=O)=O)c1nnc2cc(C(C)(C)C)[nH]n12.COc1ccc(C)cc1OS(=O)NC(C)c1nnc2cc(C(C)(C)C)[nH]n12.Cc1ccc(CCCO)cc1OS(=O)NCCc1nnc2cc(C(C)(C)C)[nH]n12.Cc1ccc(OC(=O)C(C)c2nnc3cc(C4(C)CCOCC4)[nH]n23)cc1. The van der Waals surface area contributed by atoms with E-state index in [1.54, 1.807) is 65.5 Å². The van der Waals surface area contributed by atoms with Crippen LogP contribution in [0.2, 0.25) is 0 Å². The standard InChI is InChI=1S/C23H34N6O6S2.C20H29N5O3S.C20H24N4O3.C18H25N5O3S/c1-8-16(21-26-25-20-12-19(23(4,5)6)27-29(20)21)13-24-36(31)35-18-11-14(2)9-10-17(18)34-15(3)22(30)28-37(7,32)33;1-14-7-8-15(6-5-11-26)12-16(14)28-29(27)21-10-9-18-22-23-19-13-17(20(2,3)4)24-25(18)19;1-13-4-6-15(7-5-13)27-19(25)14(2)18-22-21-17-12-16(23-24(17)18)20(3)8-10-26-11-9-20;1-11-7-8-13(25-6)14(9-11)26-27(24)22-12(2)17-20-19-16-10-15(18(3,4)5)21-23(16)17/h9-12,15-16,24,27H,8,13H2,1-7H3,(H,28,30);7-8,12-13,21,24,26H,5-6,9-11H2,1-4H3;4-7,12,14,23H,8-11H2,1-3H3;7-10,12,21-22H,1-6H3. The van der Waals surface area contributed by atoms with Crippen LogP contribution in [0.3, 0.4) is 0 Å². The smallest absolute Gasteiger partial charge is 0.321 e. The molecule has 13 rings (SSSR count). The van der Waals surface area contributed by atoms with Gasteiger partial charge in [0.2, 0.25) is 10.0 Å². The molecule has 12 aromatic rings. The molecule has 0 aliphatic carbocycles. The first-order valence-electron chi connectivity index (χ1n) is 39.4. The molecule has 120 heavy (non-hydrogen) atoms. The third-order valence-electron chi connectivity index (χ3n) is 19.9. The van der Waals surface area contributed by atoms with Crippen LogP contribution in [0.5, 0.6) is 34.5 Å². The lowest BCUT2D eigenvalue weighted by molar-refractivity contribution is -0.136. The number of carbonyl (C=O) groups excluding carboxylic acids is 2. The van der Waals surface area contributed by atoms with Crippen LogP contribution in [0.4, 0.5) is 0 Å². The molecule has 1 fully saturated rings. The van der Waals surface area contributed by atoms with Crippen LogP contribution in [0.15, 0.2) is 103 Å². The van der Waals surface area contributed by atoms with Gasteiger partial charge in [-0.3, -0.25) is 34.7 Å². The van der Waals surface area contributed by atoms with Crippen molar-refractivity contribution in [3.05, 3.63) is 177 Å². The van der Waals surface area contributed by atoms with Crippen LogP contribution in [-0.2, 0) is 92.7 Å². The molecule has 0 saturated carbocycles. The highest BCUT2D eigenvalue weighted by Gasteiger charge is 2.34. The molecule has 0 bridgehead atoms. The highest BCUT2D eigenvalue weighted by Crippen LogP contribution is 2.36. The predicted octanol–water partition coefficient (Wildman–Crippen LogP) is 10.7. The molecule has 7 unspecified atom stereocenters. The Morgan fingerprint density at radius 3 is 1.68 bits per heavy atom. The van der Waals surface area contributed by atoms with Crippen molar-refractivity contribution in [3.63, 3.8) is 0 Å². The van der Waals surface area contributed by atoms with E-state index >= 15 is 0 Å². The molecular formula is C81H112N20O15S4. The van der Waals surface area contributed by atoms with E-state index in [1.165, 1.54) is 6.92 Å². The monoisotopic (exact) mass is 1730 g/mol. The fourth-order valence-corrected chi connectivity index (χ4v) is 15.0. The first-order chi connectivity index (χ1) is 56.6. The number of aromatic nitrogens is 16. The van der Waals surface area contributed by atoms with E-state index in [-0.39, 0.29) is 57.7 Å². The number of hydrogen-bond acceptors (Lipinski definition) is 23. The Kier molecular flexibility index (Phi) is 30.3. The molecule has 650 valence electrons. The average molecular weight is 1730 g/mol. The Bertz CT molecular complexity index is 5680. The first kappa shape index (κ1) is 92.0. The number of ether oxygens (including phenoxy) is 4. The Morgan fingerprint density at radius 1 is 0.592 bits per heavy atom. The lowest BCUT2D eigenvalue weighted by atomic mass is 9.79. The number of hydrogen-bond donors (Lipinski definition) is 9. The average Bonchev–Trinajstić information content (AvgIpc) is 1.62. The third-order valence-corrected chi connectivity index (χ3v) is 22.8. The number of carbonyl (C=O) groups is 2.